The molecule has 0 unspecified atom stereocenters. The van der Waals surface area contributed by atoms with E-state index in [4.69, 9.17) is 17.3 Å². The first-order valence-electron chi connectivity index (χ1n) is 9.48. The van der Waals surface area contributed by atoms with Crippen LogP contribution in [0, 0.1) is 0 Å². The molecule has 2 aliphatic carbocycles. The lowest BCUT2D eigenvalue weighted by Crippen LogP contribution is -2.18. The lowest BCUT2D eigenvalue weighted by Gasteiger charge is -2.14. The summed E-state index contributed by atoms with van der Waals surface area (Å²) in [7, 11) is 0. The molecule has 2 aliphatic rings. The second kappa shape index (κ2) is 6.26. The van der Waals surface area contributed by atoms with E-state index >= 15 is 0 Å². The van der Waals surface area contributed by atoms with Crippen LogP contribution in [0.3, 0.4) is 0 Å². The molecule has 1 nitrogen and oxygen atoms in total. The summed E-state index contributed by atoms with van der Waals surface area (Å²) in [5.74, 6) is 0. The van der Waals surface area contributed by atoms with Gasteiger partial charge in [-0.1, -0.05) is 66.2 Å². The van der Waals surface area contributed by atoms with Gasteiger partial charge in [0, 0.05) is 17.2 Å². The van der Waals surface area contributed by atoms with Gasteiger partial charge in [0.1, 0.15) is 0 Å². The van der Waals surface area contributed by atoms with Crippen LogP contribution in [-0.4, -0.2) is 6.04 Å². The van der Waals surface area contributed by atoms with Gasteiger partial charge in [-0.15, -0.1) is 0 Å². The molecule has 1 atom stereocenters. The van der Waals surface area contributed by atoms with E-state index < -0.39 is 0 Å². The summed E-state index contributed by atoms with van der Waals surface area (Å²) >= 11 is 6.93. The molecule has 130 valence electrons. The third-order valence-electron chi connectivity index (χ3n) is 5.92. The van der Waals surface area contributed by atoms with E-state index in [1.165, 1.54) is 46.2 Å². The average Bonchev–Trinajstić information content (AvgIpc) is 3.26. The Hall–Kier alpha value is -2.09. The highest BCUT2D eigenvalue weighted by atomic mass is 35.5. The Morgan fingerprint density at radius 2 is 1.54 bits per heavy atom. The third kappa shape index (κ3) is 2.58. The zero-order valence-corrected chi connectivity index (χ0v) is 15.5. The molecule has 5 rings (SSSR count). The summed E-state index contributed by atoms with van der Waals surface area (Å²) in [6, 6.07) is 20.0. The van der Waals surface area contributed by atoms with Gasteiger partial charge < -0.3 is 5.73 Å². The third-order valence-corrected chi connectivity index (χ3v) is 6.32. The fourth-order valence-corrected chi connectivity index (χ4v) is 4.99. The molecule has 0 bridgehead atoms. The van der Waals surface area contributed by atoms with Crippen LogP contribution < -0.4 is 5.73 Å². The first kappa shape index (κ1) is 16.1. The predicted molar refractivity (Wildman–Crippen MR) is 110 cm³/mol. The Morgan fingerprint density at radius 3 is 2.46 bits per heavy atom. The number of halogens is 1. The maximum atomic E-state index is 6.93. The summed E-state index contributed by atoms with van der Waals surface area (Å²) in [6.45, 7) is 0. The van der Waals surface area contributed by atoms with E-state index in [1.54, 1.807) is 0 Å². The van der Waals surface area contributed by atoms with Gasteiger partial charge in [-0.2, -0.15) is 0 Å². The Kier molecular flexibility index (Phi) is 3.88. The minimum atomic E-state index is 0.258. The van der Waals surface area contributed by atoms with Crippen molar-refractivity contribution in [3.05, 3.63) is 81.9 Å². The van der Waals surface area contributed by atoms with Crippen molar-refractivity contribution in [1.82, 2.24) is 0 Å². The molecule has 2 heteroatoms. The SMILES string of the molecule is N[C@@H]1Cc2ccc(-c3cccc(-c4cccc5c4CCC5)c3Cl)cc2C1. The number of aryl methyl sites for hydroxylation is 1. The second-order valence-electron chi connectivity index (χ2n) is 7.62. The molecule has 0 aromatic heterocycles. The molecule has 0 saturated carbocycles. The Morgan fingerprint density at radius 1 is 0.769 bits per heavy atom. The van der Waals surface area contributed by atoms with Crippen molar-refractivity contribution in [1.29, 1.82) is 0 Å². The zero-order chi connectivity index (χ0) is 17.7. The highest BCUT2D eigenvalue weighted by Gasteiger charge is 2.21. The summed E-state index contributed by atoms with van der Waals surface area (Å²) < 4.78 is 0. The van der Waals surface area contributed by atoms with Gasteiger partial charge >= 0.3 is 0 Å². The van der Waals surface area contributed by atoms with Crippen molar-refractivity contribution < 1.29 is 0 Å². The minimum Gasteiger partial charge on any atom is -0.327 e. The van der Waals surface area contributed by atoms with Gasteiger partial charge in [-0.3, -0.25) is 0 Å². The van der Waals surface area contributed by atoms with Gasteiger partial charge in [-0.05, 0) is 65.5 Å². The van der Waals surface area contributed by atoms with E-state index in [0.717, 1.165) is 35.4 Å². The molecule has 0 heterocycles. The molecule has 3 aromatic rings. The van der Waals surface area contributed by atoms with Crippen LogP contribution in [0.15, 0.2) is 54.6 Å². The molecule has 26 heavy (non-hydrogen) atoms. The summed E-state index contributed by atoms with van der Waals surface area (Å²) in [5, 5.41) is 0.857. The van der Waals surface area contributed by atoms with Crippen LogP contribution in [-0.2, 0) is 25.7 Å². The Balaban J connectivity index is 1.62. The van der Waals surface area contributed by atoms with E-state index in [9.17, 15) is 0 Å². The van der Waals surface area contributed by atoms with Crippen molar-refractivity contribution in [2.75, 3.05) is 0 Å². The molecule has 0 aliphatic heterocycles. The number of nitrogens with two attached hydrogens (primary N) is 1. The fraction of sp³-hybridized carbons (Fsp3) is 0.250. The van der Waals surface area contributed by atoms with Crippen LogP contribution >= 0.6 is 11.6 Å². The van der Waals surface area contributed by atoms with Crippen LogP contribution in [0.4, 0.5) is 0 Å². The first-order chi connectivity index (χ1) is 12.7. The highest BCUT2D eigenvalue weighted by Crippen LogP contribution is 2.41. The van der Waals surface area contributed by atoms with Crippen LogP contribution in [0.5, 0.6) is 0 Å². The van der Waals surface area contributed by atoms with Crippen molar-refractivity contribution >= 4 is 11.6 Å². The molecule has 0 saturated heterocycles. The molecule has 0 amide bonds. The maximum Gasteiger partial charge on any atom is 0.0562 e. The van der Waals surface area contributed by atoms with Crippen molar-refractivity contribution in [2.24, 2.45) is 5.73 Å². The quantitative estimate of drug-likeness (QED) is 0.634. The first-order valence-corrected chi connectivity index (χ1v) is 9.86. The van der Waals surface area contributed by atoms with E-state index in [-0.39, 0.29) is 6.04 Å². The zero-order valence-electron chi connectivity index (χ0n) is 14.8. The predicted octanol–water partition coefficient (Wildman–Crippen LogP) is 5.59. The largest absolute Gasteiger partial charge is 0.327 e. The van der Waals surface area contributed by atoms with Crippen molar-refractivity contribution in [3.8, 4) is 22.3 Å². The topological polar surface area (TPSA) is 26.0 Å². The molecule has 2 N–H and O–H groups in total. The number of rotatable bonds is 2. The fourth-order valence-electron chi connectivity index (χ4n) is 4.65. The smallest absolute Gasteiger partial charge is 0.0562 e. The number of fused-ring (bicyclic) bond motifs is 2. The molecule has 0 fully saturated rings. The van der Waals surface area contributed by atoms with Gasteiger partial charge in [0.05, 0.1) is 5.02 Å². The molecule has 0 radical (unpaired) electrons. The Bertz CT molecular complexity index is 1010. The van der Waals surface area contributed by atoms with Crippen molar-refractivity contribution in [2.45, 2.75) is 38.1 Å². The Labute approximate surface area is 159 Å². The maximum absolute atomic E-state index is 6.93. The molecule has 0 spiro atoms. The van der Waals surface area contributed by atoms with Crippen LogP contribution in [0.25, 0.3) is 22.3 Å². The molecule has 3 aromatic carbocycles. The molecular weight excluding hydrogens is 338 g/mol. The summed E-state index contributed by atoms with van der Waals surface area (Å²) in [5.41, 5.74) is 16.6. The van der Waals surface area contributed by atoms with E-state index in [0.29, 0.717) is 0 Å². The van der Waals surface area contributed by atoms with Gasteiger partial charge in [0.25, 0.3) is 0 Å². The standard InChI is InChI=1S/C24H22ClN/c25-24-21(17-11-10-16-13-19(26)14-18(16)12-17)7-3-9-23(24)22-8-2-5-15-4-1-6-20(15)22/h2-3,5,7-12,19H,1,4,6,13-14,26H2/t19-/m1/s1. The average molecular weight is 360 g/mol. The van der Waals surface area contributed by atoms with Crippen LogP contribution in [0.1, 0.15) is 28.7 Å². The summed E-state index contributed by atoms with van der Waals surface area (Å²) in [6.07, 6.45) is 5.54. The summed E-state index contributed by atoms with van der Waals surface area (Å²) in [4.78, 5) is 0. The normalized spacial score (nSPS) is 18.0. The minimum absolute atomic E-state index is 0.258. The monoisotopic (exact) mass is 359 g/mol. The van der Waals surface area contributed by atoms with Gasteiger partial charge in [0.15, 0.2) is 0 Å². The van der Waals surface area contributed by atoms with Crippen molar-refractivity contribution in [3.63, 3.8) is 0 Å². The number of hydrogen-bond donors (Lipinski definition) is 1. The number of benzene rings is 3. The highest BCUT2D eigenvalue weighted by molar-refractivity contribution is 6.36. The van der Waals surface area contributed by atoms with Gasteiger partial charge in [0.2, 0.25) is 0 Å². The van der Waals surface area contributed by atoms with Gasteiger partial charge in [-0.25, -0.2) is 0 Å². The van der Waals surface area contributed by atoms with E-state index in [2.05, 4.69) is 54.6 Å². The van der Waals surface area contributed by atoms with Crippen LogP contribution in [0.2, 0.25) is 5.02 Å². The molecular formula is C24H22ClN. The number of hydrogen-bond acceptors (Lipinski definition) is 1. The second-order valence-corrected chi connectivity index (χ2v) is 7.99. The van der Waals surface area contributed by atoms with E-state index in [1.807, 2.05) is 0 Å². The lowest BCUT2D eigenvalue weighted by molar-refractivity contribution is 0.721. The lowest BCUT2D eigenvalue weighted by atomic mass is 9.93.